The third-order valence-corrected chi connectivity index (χ3v) is 5.61. The molecule has 2 aromatic heterocycles. The number of carbonyl (C=O) groups excluding carboxylic acids is 2. The zero-order valence-corrected chi connectivity index (χ0v) is 16.7. The van der Waals surface area contributed by atoms with Crippen LogP contribution in [0.2, 0.25) is 0 Å². The number of rotatable bonds is 7. The number of hydrogen-bond donors (Lipinski definition) is 1. The van der Waals surface area contributed by atoms with Crippen molar-refractivity contribution >= 4 is 23.2 Å². The van der Waals surface area contributed by atoms with Gasteiger partial charge in [0.1, 0.15) is 5.76 Å². The summed E-state index contributed by atoms with van der Waals surface area (Å²) in [6, 6.07) is 1.80. The van der Waals surface area contributed by atoms with Crippen molar-refractivity contribution in [2.24, 2.45) is 0 Å². The lowest BCUT2D eigenvalue weighted by molar-refractivity contribution is -0.133. The fourth-order valence-corrected chi connectivity index (χ4v) is 3.84. The molecule has 1 N–H and O–H groups in total. The molecule has 3 rings (SSSR count). The van der Waals surface area contributed by atoms with Crippen molar-refractivity contribution in [3.8, 4) is 0 Å². The van der Waals surface area contributed by atoms with E-state index in [9.17, 15) is 9.59 Å². The number of hydrogen-bond acceptors (Lipinski definition) is 6. The van der Waals surface area contributed by atoms with E-state index in [0.717, 1.165) is 49.7 Å². The SMILES string of the molecule is Cc1noc(C)c1CN1CCN(C(=O)CCCNC(=O)c2ccsc2)CC1. The van der Waals surface area contributed by atoms with Gasteiger partial charge in [0.05, 0.1) is 5.69 Å². The molecule has 0 spiro atoms. The lowest BCUT2D eigenvalue weighted by Crippen LogP contribution is -2.48. The first-order chi connectivity index (χ1) is 13.0. The third-order valence-electron chi connectivity index (χ3n) is 4.92. The summed E-state index contributed by atoms with van der Waals surface area (Å²) in [5.74, 6) is 0.962. The summed E-state index contributed by atoms with van der Waals surface area (Å²) in [7, 11) is 0. The van der Waals surface area contributed by atoms with Crippen LogP contribution in [0.3, 0.4) is 0 Å². The first-order valence-corrected chi connectivity index (χ1v) is 10.2. The van der Waals surface area contributed by atoms with Crippen molar-refractivity contribution in [3.63, 3.8) is 0 Å². The van der Waals surface area contributed by atoms with Crippen LogP contribution in [0.1, 0.15) is 40.2 Å². The van der Waals surface area contributed by atoms with Crippen molar-refractivity contribution in [2.75, 3.05) is 32.7 Å². The predicted octanol–water partition coefficient (Wildman–Crippen LogP) is 2.21. The molecule has 7 nitrogen and oxygen atoms in total. The molecule has 0 aliphatic carbocycles. The molecular weight excluding hydrogens is 364 g/mol. The summed E-state index contributed by atoms with van der Waals surface area (Å²) in [4.78, 5) is 28.5. The maximum Gasteiger partial charge on any atom is 0.252 e. The van der Waals surface area contributed by atoms with Crippen LogP contribution in [-0.4, -0.2) is 59.5 Å². The first kappa shape index (κ1) is 19.6. The maximum absolute atomic E-state index is 12.4. The first-order valence-electron chi connectivity index (χ1n) is 9.27. The van der Waals surface area contributed by atoms with Gasteiger partial charge in [-0.1, -0.05) is 5.16 Å². The summed E-state index contributed by atoms with van der Waals surface area (Å²) in [5, 5.41) is 10.6. The van der Waals surface area contributed by atoms with Gasteiger partial charge in [0.2, 0.25) is 5.91 Å². The average molecular weight is 391 g/mol. The Hall–Kier alpha value is -2.19. The normalized spacial score (nSPS) is 15.1. The van der Waals surface area contributed by atoms with E-state index in [-0.39, 0.29) is 11.8 Å². The number of amides is 2. The van der Waals surface area contributed by atoms with Gasteiger partial charge in [0, 0.05) is 62.2 Å². The highest BCUT2D eigenvalue weighted by molar-refractivity contribution is 7.08. The van der Waals surface area contributed by atoms with Crippen LogP contribution in [0.25, 0.3) is 0 Å². The minimum absolute atomic E-state index is 0.0726. The summed E-state index contributed by atoms with van der Waals surface area (Å²) in [5.41, 5.74) is 2.77. The molecule has 2 amide bonds. The van der Waals surface area contributed by atoms with E-state index < -0.39 is 0 Å². The minimum atomic E-state index is -0.0726. The zero-order chi connectivity index (χ0) is 19.2. The van der Waals surface area contributed by atoms with Gasteiger partial charge in [-0.15, -0.1) is 0 Å². The molecule has 0 radical (unpaired) electrons. The van der Waals surface area contributed by atoms with Crippen LogP contribution in [0, 0.1) is 13.8 Å². The highest BCUT2D eigenvalue weighted by Crippen LogP contribution is 2.16. The van der Waals surface area contributed by atoms with Crippen LogP contribution in [-0.2, 0) is 11.3 Å². The Morgan fingerprint density at radius 3 is 2.67 bits per heavy atom. The minimum Gasteiger partial charge on any atom is -0.361 e. The zero-order valence-electron chi connectivity index (χ0n) is 15.9. The van der Waals surface area contributed by atoms with Gasteiger partial charge in [-0.25, -0.2) is 0 Å². The van der Waals surface area contributed by atoms with Gasteiger partial charge in [0.25, 0.3) is 5.91 Å². The van der Waals surface area contributed by atoms with Gasteiger partial charge >= 0.3 is 0 Å². The number of carbonyl (C=O) groups is 2. The second-order valence-electron chi connectivity index (χ2n) is 6.83. The Bertz CT molecular complexity index is 745. The van der Waals surface area contributed by atoms with Gasteiger partial charge < -0.3 is 14.7 Å². The highest BCUT2D eigenvalue weighted by Gasteiger charge is 2.22. The number of nitrogens with zero attached hydrogens (tertiary/aromatic N) is 3. The lowest BCUT2D eigenvalue weighted by Gasteiger charge is -2.34. The van der Waals surface area contributed by atoms with E-state index in [1.807, 2.05) is 29.5 Å². The van der Waals surface area contributed by atoms with Crippen molar-refractivity contribution in [2.45, 2.75) is 33.2 Å². The van der Waals surface area contributed by atoms with Gasteiger partial charge in [0.15, 0.2) is 0 Å². The molecule has 146 valence electrons. The third kappa shape index (κ3) is 5.17. The van der Waals surface area contributed by atoms with E-state index in [0.29, 0.717) is 24.9 Å². The molecule has 1 aliphatic rings. The highest BCUT2D eigenvalue weighted by atomic mass is 32.1. The van der Waals surface area contributed by atoms with Crippen LogP contribution >= 0.6 is 11.3 Å². The Balaban J connectivity index is 1.34. The Morgan fingerprint density at radius 2 is 2.04 bits per heavy atom. The average Bonchev–Trinajstić information content (AvgIpc) is 3.31. The predicted molar refractivity (Wildman–Crippen MR) is 104 cm³/mol. The Kier molecular flexibility index (Phi) is 6.63. The second kappa shape index (κ2) is 9.14. The van der Waals surface area contributed by atoms with Crippen molar-refractivity contribution < 1.29 is 14.1 Å². The maximum atomic E-state index is 12.4. The van der Waals surface area contributed by atoms with Crippen LogP contribution in [0.4, 0.5) is 0 Å². The standard InChI is InChI=1S/C19H26N4O3S/c1-14-17(15(2)26-21-14)12-22-7-9-23(10-8-22)18(24)4-3-6-20-19(25)16-5-11-27-13-16/h5,11,13H,3-4,6-10,12H2,1-2H3,(H,20,25). The van der Waals surface area contributed by atoms with E-state index in [4.69, 9.17) is 4.52 Å². The molecule has 1 saturated heterocycles. The molecular formula is C19H26N4O3S. The molecule has 27 heavy (non-hydrogen) atoms. The van der Waals surface area contributed by atoms with Crippen molar-refractivity contribution in [1.29, 1.82) is 0 Å². The molecule has 1 aliphatic heterocycles. The second-order valence-corrected chi connectivity index (χ2v) is 7.61. The van der Waals surface area contributed by atoms with Crippen LogP contribution in [0.5, 0.6) is 0 Å². The largest absolute Gasteiger partial charge is 0.361 e. The molecule has 3 heterocycles. The summed E-state index contributed by atoms with van der Waals surface area (Å²) < 4.78 is 5.22. The van der Waals surface area contributed by atoms with Gasteiger partial charge in [-0.2, -0.15) is 11.3 Å². The van der Waals surface area contributed by atoms with E-state index in [1.54, 1.807) is 6.07 Å². The van der Waals surface area contributed by atoms with Crippen LogP contribution in [0.15, 0.2) is 21.3 Å². The molecule has 0 aromatic carbocycles. The van der Waals surface area contributed by atoms with Crippen LogP contribution < -0.4 is 5.32 Å². The summed E-state index contributed by atoms with van der Waals surface area (Å²) in [6.07, 6.45) is 1.13. The quantitative estimate of drug-likeness (QED) is 0.734. The number of aromatic nitrogens is 1. The molecule has 8 heteroatoms. The Morgan fingerprint density at radius 1 is 1.26 bits per heavy atom. The summed E-state index contributed by atoms with van der Waals surface area (Å²) in [6.45, 7) is 8.42. The molecule has 0 atom stereocenters. The van der Waals surface area contributed by atoms with E-state index in [2.05, 4.69) is 15.4 Å². The molecule has 2 aromatic rings. The number of nitrogens with one attached hydrogen (secondary N) is 1. The van der Waals surface area contributed by atoms with Gasteiger partial charge in [-0.05, 0) is 31.7 Å². The lowest BCUT2D eigenvalue weighted by atomic mass is 10.1. The topological polar surface area (TPSA) is 78.7 Å². The number of piperazine rings is 1. The fraction of sp³-hybridized carbons (Fsp3) is 0.526. The summed E-state index contributed by atoms with van der Waals surface area (Å²) >= 11 is 1.50. The molecule has 0 saturated carbocycles. The van der Waals surface area contributed by atoms with Gasteiger partial charge in [-0.3, -0.25) is 14.5 Å². The van der Waals surface area contributed by atoms with E-state index >= 15 is 0 Å². The van der Waals surface area contributed by atoms with Crippen molar-refractivity contribution in [3.05, 3.63) is 39.4 Å². The number of thiophene rings is 1. The molecule has 0 unspecified atom stereocenters. The fourth-order valence-electron chi connectivity index (χ4n) is 3.20. The monoisotopic (exact) mass is 390 g/mol. The smallest absolute Gasteiger partial charge is 0.252 e. The van der Waals surface area contributed by atoms with E-state index in [1.165, 1.54) is 11.3 Å². The molecule has 0 bridgehead atoms. The Labute approximate surface area is 163 Å². The molecule has 1 fully saturated rings. The number of aryl methyl sites for hydroxylation is 2. The van der Waals surface area contributed by atoms with Crippen molar-refractivity contribution in [1.82, 2.24) is 20.3 Å².